The molecule has 0 bridgehead atoms. The molecule has 1 rings (SSSR count). The molecule has 0 aromatic carbocycles. The summed E-state index contributed by atoms with van der Waals surface area (Å²) in [6.07, 6.45) is 2.75. The van der Waals surface area contributed by atoms with Crippen LogP contribution >= 0.6 is 0 Å². The van der Waals surface area contributed by atoms with Crippen LogP contribution in [-0.4, -0.2) is 25.2 Å². The summed E-state index contributed by atoms with van der Waals surface area (Å²) < 4.78 is 5.02. The summed E-state index contributed by atoms with van der Waals surface area (Å²) in [6.45, 7) is 2.51. The van der Waals surface area contributed by atoms with E-state index in [-0.39, 0.29) is 0 Å². The predicted octanol–water partition coefficient (Wildman–Crippen LogP) is 0.529. The molecule has 0 amide bonds. The second kappa shape index (κ2) is 6.34. The Morgan fingerprint density at radius 1 is 1.57 bits per heavy atom. The Balaban J connectivity index is 2.34. The molecule has 0 aliphatic heterocycles. The molecule has 3 N–H and O–H groups in total. The zero-order valence-electron chi connectivity index (χ0n) is 8.49. The largest absolute Gasteiger partial charge is 0.481 e. The van der Waals surface area contributed by atoms with Gasteiger partial charge in [-0.1, -0.05) is 0 Å². The molecule has 0 saturated carbocycles. The highest BCUT2D eigenvalue weighted by Crippen LogP contribution is 2.07. The zero-order valence-corrected chi connectivity index (χ0v) is 8.49. The maximum Gasteiger partial charge on any atom is 0.213 e. The van der Waals surface area contributed by atoms with Gasteiger partial charge in [0.15, 0.2) is 0 Å². The number of ether oxygens (including phenoxy) is 1. The van der Waals surface area contributed by atoms with Crippen molar-refractivity contribution in [1.29, 1.82) is 0 Å². The number of rotatable bonds is 6. The number of methoxy groups -OCH3 is 1. The fourth-order valence-electron chi connectivity index (χ4n) is 1.13. The van der Waals surface area contributed by atoms with Gasteiger partial charge in [-0.25, -0.2) is 4.98 Å². The molecular weight excluding hydrogens is 178 g/mol. The fraction of sp³-hybridized carbons (Fsp3) is 0.500. The number of hydrogen-bond donors (Lipinski definition) is 2. The lowest BCUT2D eigenvalue weighted by atomic mass is 10.2. The lowest BCUT2D eigenvalue weighted by Gasteiger charge is -2.05. The van der Waals surface area contributed by atoms with Crippen LogP contribution in [0.15, 0.2) is 18.3 Å². The second-order valence-corrected chi connectivity index (χ2v) is 3.03. The van der Waals surface area contributed by atoms with Gasteiger partial charge in [0.1, 0.15) is 0 Å². The SMILES string of the molecule is COc1cc(CNCCCN)ccn1. The fourth-order valence-corrected chi connectivity index (χ4v) is 1.13. The number of nitrogens with two attached hydrogens (primary N) is 1. The molecule has 4 heteroatoms. The van der Waals surface area contributed by atoms with E-state index in [1.54, 1.807) is 13.3 Å². The second-order valence-electron chi connectivity index (χ2n) is 3.03. The number of hydrogen-bond acceptors (Lipinski definition) is 4. The van der Waals surface area contributed by atoms with Crippen molar-refractivity contribution in [2.75, 3.05) is 20.2 Å². The van der Waals surface area contributed by atoms with Gasteiger partial charge in [-0.15, -0.1) is 0 Å². The van der Waals surface area contributed by atoms with E-state index in [1.165, 1.54) is 5.56 Å². The molecule has 0 spiro atoms. The van der Waals surface area contributed by atoms with Crippen LogP contribution < -0.4 is 15.8 Å². The van der Waals surface area contributed by atoms with Crippen molar-refractivity contribution in [1.82, 2.24) is 10.3 Å². The van der Waals surface area contributed by atoms with Crippen molar-refractivity contribution < 1.29 is 4.74 Å². The lowest BCUT2D eigenvalue weighted by Crippen LogP contribution is -2.17. The summed E-state index contributed by atoms with van der Waals surface area (Å²) in [5.74, 6) is 0.656. The van der Waals surface area contributed by atoms with Gasteiger partial charge in [-0.05, 0) is 31.1 Å². The van der Waals surface area contributed by atoms with Crippen LogP contribution in [0.2, 0.25) is 0 Å². The summed E-state index contributed by atoms with van der Waals surface area (Å²) in [7, 11) is 1.62. The Morgan fingerprint density at radius 2 is 2.43 bits per heavy atom. The Hall–Kier alpha value is -1.13. The first-order valence-electron chi connectivity index (χ1n) is 4.76. The molecule has 0 atom stereocenters. The van der Waals surface area contributed by atoms with Crippen molar-refractivity contribution in [2.45, 2.75) is 13.0 Å². The molecule has 1 aromatic rings. The molecule has 0 fully saturated rings. The minimum atomic E-state index is 0.656. The maximum atomic E-state index is 5.38. The van der Waals surface area contributed by atoms with Crippen molar-refractivity contribution in [3.63, 3.8) is 0 Å². The minimum Gasteiger partial charge on any atom is -0.481 e. The monoisotopic (exact) mass is 195 g/mol. The quantitative estimate of drug-likeness (QED) is 0.650. The Morgan fingerprint density at radius 3 is 3.14 bits per heavy atom. The smallest absolute Gasteiger partial charge is 0.213 e. The third-order valence-electron chi connectivity index (χ3n) is 1.90. The summed E-state index contributed by atoms with van der Waals surface area (Å²) in [5.41, 5.74) is 6.56. The van der Waals surface area contributed by atoms with Gasteiger partial charge in [0.2, 0.25) is 5.88 Å². The summed E-state index contributed by atoms with van der Waals surface area (Å²) in [6, 6.07) is 3.90. The number of aromatic nitrogens is 1. The summed E-state index contributed by atoms with van der Waals surface area (Å²) >= 11 is 0. The molecule has 1 heterocycles. The van der Waals surface area contributed by atoms with E-state index >= 15 is 0 Å². The van der Waals surface area contributed by atoms with E-state index in [9.17, 15) is 0 Å². The third kappa shape index (κ3) is 3.72. The first kappa shape index (κ1) is 10.9. The predicted molar refractivity (Wildman–Crippen MR) is 56.2 cm³/mol. The van der Waals surface area contributed by atoms with Gasteiger partial charge < -0.3 is 15.8 Å². The van der Waals surface area contributed by atoms with Gasteiger partial charge in [0.05, 0.1) is 7.11 Å². The molecule has 0 unspecified atom stereocenters. The Labute approximate surface area is 84.5 Å². The van der Waals surface area contributed by atoms with Crippen LogP contribution in [-0.2, 0) is 6.54 Å². The standard InChI is InChI=1S/C10H17N3O/c1-14-10-7-9(3-6-13-10)8-12-5-2-4-11/h3,6-7,12H,2,4-5,8,11H2,1H3. The van der Waals surface area contributed by atoms with Crippen LogP contribution in [0.3, 0.4) is 0 Å². The normalized spacial score (nSPS) is 10.1. The van der Waals surface area contributed by atoms with Crippen LogP contribution in [0, 0.1) is 0 Å². The third-order valence-corrected chi connectivity index (χ3v) is 1.90. The topological polar surface area (TPSA) is 60.2 Å². The number of pyridine rings is 1. The highest BCUT2D eigenvalue weighted by molar-refractivity contribution is 5.20. The van der Waals surface area contributed by atoms with E-state index < -0.39 is 0 Å². The zero-order chi connectivity index (χ0) is 10.2. The molecule has 1 aromatic heterocycles. The number of nitrogens with one attached hydrogen (secondary N) is 1. The average Bonchev–Trinajstić information content (AvgIpc) is 2.25. The molecule has 0 saturated heterocycles. The Bertz CT molecular complexity index is 265. The molecule has 0 aliphatic carbocycles. The summed E-state index contributed by atoms with van der Waals surface area (Å²) in [5, 5.41) is 3.29. The highest BCUT2D eigenvalue weighted by atomic mass is 16.5. The lowest BCUT2D eigenvalue weighted by molar-refractivity contribution is 0.397. The van der Waals surface area contributed by atoms with E-state index in [0.29, 0.717) is 5.88 Å². The molecule has 4 nitrogen and oxygen atoms in total. The van der Waals surface area contributed by atoms with E-state index in [1.807, 2.05) is 12.1 Å². The van der Waals surface area contributed by atoms with Gasteiger partial charge in [-0.2, -0.15) is 0 Å². The molecule has 0 radical (unpaired) electrons. The first-order valence-corrected chi connectivity index (χ1v) is 4.76. The van der Waals surface area contributed by atoms with Crippen molar-refractivity contribution in [2.24, 2.45) is 5.73 Å². The van der Waals surface area contributed by atoms with E-state index in [2.05, 4.69) is 10.3 Å². The van der Waals surface area contributed by atoms with Gasteiger partial charge in [0, 0.05) is 18.8 Å². The molecule has 0 aliphatic rings. The molecular formula is C10H17N3O. The first-order chi connectivity index (χ1) is 6.86. The summed E-state index contributed by atoms with van der Waals surface area (Å²) in [4.78, 5) is 4.03. The van der Waals surface area contributed by atoms with Crippen LogP contribution in [0.4, 0.5) is 0 Å². The maximum absolute atomic E-state index is 5.38. The van der Waals surface area contributed by atoms with Crippen molar-refractivity contribution >= 4 is 0 Å². The van der Waals surface area contributed by atoms with Crippen molar-refractivity contribution in [3.8, 4) is 5.88 Å². The van der Waals surface area contributed by atoms with Gasteiger partial charge >= 0.3 is 0 Å². The average molecular weight is 195 g/mol. The highest BCUT2D eigenvalue weighted by Gasteiger charge is 1.95. The van der Waals surface area contributed by atoms with Gasteiger partial charge in [-0.3, -0.25) is 0 Å². The van der Waals surface area contributed by atoms with E-state index in [4.69, 9.17) is 10.5 Å². The van der Waals surface area contributed by atoms with E-state index in [0.717, 1.165) is 26.1 Å². The van der Waals surface area contributed by atoms with Crippen molar-refractivity contribution in [3.05, 3.63) is 23.9 Å². The molecule has 78 valence electrons. The van der Waals surface area contributed by atoms with Gasteiger partial charge in [0.25, 0.3) is 0 Å². The molecule has 14 heavy (non-hydrogen) atoms. The number of nitrogens with zero attached hydrogens (tertiary/aromatic N) is 1. The van der Waals surface area contributed by atoms with Crippen LogP contribution in [0.25, 0.3) is 0 Å². The Kier molecular flexibility index (Phi) is 4.96. The van der Waals surface area contributed by atoms with Crippen LogP contribution in [0.5, 0.6) is 5.88 Å². The van der Waals surface area contributed by atoms with Crippen LogP contribution in [0.1, 0.15) is 12.0 Å². The minimum absolute atomic E-state index is 0.656.